The molecule has 20 heavy (non-hydrogen) atoms. The van der Waals surface area contributed by atoms with Crippen molar-refractivity contribution in [2.75, 3.05) is 0 Å². The summed E-state index contributed by atoms with van der Waals surface area (Å²) in [6, 6.07) is 0. The van der Waals surface area contributed by atoms with Gasteiger partial charge < -0.3 is 0 Å². The van der Waals surface area contributed by atoms with E-state index in [1.165, 1.54) is 38.5 Å². The molecule has 0 aromatic carbocycles. The fraction of sp³-hybridized carbons (Fsp3) is 1.00. The molecule has 0 aliphatic heterocycles. The SMILES string of the molecule is CC(CCCC(C)C(C)C1CC1C)CCC(C)C(C)C. The number of rotatable bonds is 10. The summed E-state index contributed by atoms with van der Waals surface area (Å²) in [5, 5.41) is 0. The van der Waals surface area contributed by atoms with E-state index < -0.39 is 0 Å². The molecule has 1 fully saturated rings. The van der Waals surface area contributed by atoms with E-state index in [1.54, 1.807) is 0 Å². The van der Waals surface area contributed by atoms with Gasteiger partial charge in [0.2, 0.25) is 0 Å². The van der Waals surface area contributed by atoms with Gasteiger partial charge in [0.05, 0.1) is 0 Å². The standard InChI is InChI=1S/C20H40/c1-14(2)16(4)12-11-15(3)9-8-10-17(5)19(7)20-13-18(20)6/h14-20H,8-13H2,1-7H3. The molecule has 0 nitrogen and oxygen atoms in total. The van der Waals surface area contributed by atoms with Crippen LogP contribution < -0.4 is 0 Å². The van der Waals surface area contributed by atoms with E-state index in [1.807, 2.05) is 0 Å². The van der Waals surface area contributed by atoms with Gasteiger partial charge in [0.25, 0.3) is 0 Å². The molecule has 0 aromatic heterocycles. The average Bonchev–Trinajstić information content (AvgIpc) is 3.11. The fourth-order valence-corrected chi connectivity index (χ4v) is 3.58. The van der Waals surface area contributed by atoms with Crippen LogP contribution in [-0.2, 0) is 0 Å². The van der Waals surface area contributed by atoms with Crippen LogP contribution in [0.5, 0.6) is 0 Å². The topological polar surface area (TPSA) is 0 Å². The molecular formula is C20H40. The first-order valence-electron chi connectivity index (χ1n) is 9.32. The van der Waals surface area contributed by atoms with Crippen molar-refractivity contribution in [3.05, 3.63) is 0 Å². The Labute approximate surface area is 129 Å². The van der Waals surface area contributed by atoms with Crippen LogP contribution >= 0.6 is 0 Å². The molecule has 1 rings (SSSR count). The van der Waals surface area contributed by atoms with E-state index >= 15 is 0 Å². The second kappa shape index (κ2) is 8.44. The van der Waals surface area contributed by atoms with Crippen LogP contribution in [0.2, 0.25) is 0 Å². The Bertz CT molecular complexity index is 255. The number of hydrogen-bond acceptors (Lipinski definition) is 0. The lowest BCUT2D eigenvalue weighted by Crippen LogP contribution is -2.11. The van der Waals surface area contributed by atoms with Crippen LogP contribution in [0.4, 0.5) is 0 Å². The van der Waals surface area contributed by atoms with Gasteiger partial charge in [-0.15, -0.1) is 0 Å². The van der Waals surface area contributed by atoms with E-state index in [0.717, 1.165) is 41.4 Å². The monoisotopic (exact) mass is 280 g/mol. The van der Waals surface area contributed by atoms with Gasteiger partial charge in [0, 0.05) is 0 Å². The normalized spacial score (nSPS) is 28.2. The summed E-state index contributed by atoms with van der Waals surface area (Å²) in [6.45, 7) is 17.0. The third-order valence-corrected chi connectivity index (χ3v) is 6.35. The maximum Gasteiger partial charge on any atom is -0.0357 e. The van der Waals surface area contributed by atoms with Crippen LogP contribution in [0.15, 0.2) is 0 Å². The van der Waals surface area contributed by atoms with Crippen molar-refractivity contribution >= 4 is 0 Å². The van der Waals surface area contributed by atoms with E-state index in [0.29, 0.717) is 0 Å². The van der Waals surface area contributed by atoms with E-state index in [9.17, 15) is 0 Å². The molecule has 0 saturated heterocycles. The summed E-state index contributed by atoms with van der Waals surface area (Å²) in [5.74, 6) is 6.64. The van der Waals surface area contributed by atoms with Gasteiger partial charge >= 0.3 is 0 Å². The van der Waals surface area contributed by atoms with Gasteiger partial charge in [-0.05, 0) is 47.8 Å². The first kappa shape index (κ1) is 18.1. The molecule has 1 aliphatic rings. The Morgan fingerprint density at radius 3 is 1.90 bits per heavy atom. The highest BCUT2D eigenvalue weighted by molar-refractivity contribution is 4.88. The smallest absolute Gasteiger partial charge is 0.0357 e. The first-order valence-corrected chi connectivity index (χ1v) is 9.32. The molecule has 0 heterocycles. The Balaban J connectivity index is 2.07. The summed E-state index contributed by atoms with van der Waals surface area (Å²) < 4.78 is 0. The zero-order valence-corrected chi connectivity index (χ0v) is 15.3. The van der Waals surface area contributed by atoms with Crippen molar-refractivity contribution in [1.82, 2.24) is 0 Å². The highest BCUT2D eigenvalue weighted by atomic mass is 14.4. The molecule has 1 aliphatic carbocycles. The molecule has 0 radical (unpaired) electrons. The zero-order chi connectivity index (χ0) is 15.3. The van der Waals surface area contributed by atoms with Gasteiger partial charge in [-0.2, -0.15) is 0 Å². The van der Waals surface area contributed by atoms with Crippen molar-refractivity contribution in [2.45, 2.75) is 87.0 Å². The first-order chi connectivity index (χ1) is 9.32. The minimum Gasteiger partial charge on any atom is -0.0625 e. The van der Waals surface area contributed by atoms with E-state index in [2.05, 4.69) is 48.5 Å². The zero-order valence-electron chi connectivity index (χ0n) is 15.3. The van der Waals surface area contributed by atoms with Crippen LogP contribution in [0.1, 0.15) is 87.0 Å². The minimum atomic E-state index is 0.851. The highest BCUT2D eigenvalue weighted by Crippen LogP contribution is 2.47. The molecule has 1 saturated carbocycles. The van der Waals surface area contributed by atoms with Crippen molar-refractivity contribution in [1.29, 1.82) is 0 Å². The van der Waals surface area contributed by atoms with Crippen molar-refractivity contribution in [2.24, 2.45) is 41.4 Å². The lowest BCUT2D eigenvalue weighted by Gasteiger charge is -2.21. The second-order valence-electron chi connectivity index (χ2n) is 8.55. The fourth-order valence-electron chi connectivity index (χ4n) is 3.58. The Morgan fingerprint density at radius 1 is 0.800 bits per heavy atom. The van der Waals surface area contributed by atoms with E-state index in [-0.39, 0.29) is 0 Å². The summed E-state index contributed by atoms with van der Waals surface area (Å²) in [4.78, 5) is 0. The van der Waals surface area contributed by atoms with Crippen molar-refractivity contribution in [3.63, 3.8) is 0 Å². The largest absolute Gasteiger partial charge is 0.0625 e. The molecule has 6 unspecified atom stereocenters. The maximum absolute atomic E-state index is 2.49. The molecule has 0 heteroatoms. The highest BCUT2D eigenvalue weighted by Gasteiger charge is 2.38. The summed E-state index contributed by atoms with van der Waals surface area (Å²) in [6.07, 6.45) is 8.70. The average molecular weight is 281 g/mol. The Hall–Kier alpha value is 0. The molecular weight excluding hydrogens is 240 g/mol. The van der Waals surface area contributed by atoms with Crippen LogP contribution in [0, 0.1) is 41.4 Å². The molecule has 0 amide bonds. The lowest BCUT2D eigenvalue weighted by atomic mass is 9.84. The molecule has 0 aromatic rings. The predicted molar refractivity (Wildman–Crippen MR) is 91.9 cm³/mol. The minimum absolute atomic E-state index is 0.851. The maximum atomic E-state index is 2.49. The predicted octanol–water partition coefficient (Wildman–Crippen LogP) is 6.79. The van der Waals surface area contributed by atoms with Gasteiger partial charge in [-0.3, -0.25) is 0 Å². The Kier molecular flexibility index (Phi) is 7.62. The summed E-state index contributed by atoms with van der Waals surface area (Å²) in [5.41, 5.74) is 0. The van der Waals surface area contributed by atoms with Gasteiger partial charge in [0.1, 0.15) is 0 Å². The molecule has 120 valence electrons. The molecule has 0 N–H and O–H groups in total. The van der Waals surface area contributed by atoms with Gasteiger partial charge in [0.15, 0.2) is 0 Å². The quantitative estimate of drug-likeness (QED) is 0.413. The molecule has 0 bridgehead atoms. The van der Waals surface area contributed by atoms with Gasteiger partial charge in [-0.1, -0.05) is 80.6 Å². The third kappa shape index (κ3) is 6.19. The van der Waals surface area contributed by atoms with Crippen molar-refractivity contribution < 1.29 is 0 Å². The van der Waals surface area contributed by atoms with Crippen LogP contribution in [-0.4, -0.2) is 0 Å². The lowest BCUT2D eigenvalue weighted by molar-refractivity contribution is 0.292. The summed E-state index contributed by atoms with van der Waals surface area (Å²) >= 11 is 0. The van der Waals surface area contributed by atoms with Crippen LogP contribution in [0.3, 0.4) is 0 Å². The third-order valence-electron chi connectivity index (χ3n) is 6.35. The number of hydrogen-bond donors (Lipinski definition) is 0. The molecule has 6 atom stereocenters. The van der Waals surface area contributed by atoms with Crippen molar-refractivity contribution in [3.8, 4) is 0 Å². The van der Waals surface area contributed by atoms with Gasteiger partial charge in [-0.25, -0.2) is 0 Å². The van der Waals surface area contributed by atoms with Crippen LogP contribution in [0.25, 0.3) is 0 Å². The second-order valence-corrected chi connectivity index (χ2v) is 8.55. The summed E-state index contributed by atoms with van der Waals surface area (Å²) in [7, 11) is 0. The van der Waals surface area contributed by atoms with E-state index in [4.69, 9.17) is 0 Å². The Morgan fingerprint density at radius 2 is 1.40 bits per heavy atom. The molecule has 0 spiro atoms.